The van der Waals surface area contributed by atoms with Crippen molar-refractivity contribution in [2.75, 3.05) is 0 Å². The molecule has 0 bridgehead atoms. The molecule has 0 aromatic heterocycles. The van der Waals surface area contributed by atoms with Crippen LogP contribution >= 0.6 is 0 Å². The van der Waals surface area contributed by atoms with Crippen LogP contribution in [0.4, 0.5) is 0 Å². The summed E-state index contributed by atoms with van der Waals surface area (Å²) < 4.78 is 5.75. The highest BCUT2D eigenvalue weighted by Gasteiger charge is 2.19. The number of hydrogen-bond donors (Lipinski definition) is 0. The molecule has 0 fully saturated rings. The monoisotopic (exact) mass is 253 g/mol. The highest BCUT2D eigenvalue weighted by molar-refractivity contribution is 5.40. The highest BCUT2D eigenvalue weighted by Crippen LogP contribution is 2.29. The molecule has 0 aliphatic carbocycles. The van der Waals surface area contributed by atoms with E-state index >= 15 is 0 Å². The maximum atomic E-state index is 10.4. The number of rotatable bonds is 4. The summed E-state index contributed by atoms with van der Waals surface area (Å²) in [4.78, 5) is 14.3. The Morgan fingerprint density at radius 1 is 1.00 bits per heavy atom. The third kappa shape index (κ3) is 3.30. The lowest BCUT2D eigenvalue weighted by molar-refractivity contribution is 0.476. The van der Waals surface area contributed by atoms with Gasteiger partial charge in [0.1, 0.15) is 11.5 Å². The number of ether oxygens (including phenoxy) is 1. The lowest BCUT2D eigenvalue weighted by atomic mass is 9.95. The Kier molecular flexibility index (Phi) is 3.79. The van der Waals surface area contributed by atoms with Crippen LogP contribution < -0.4 is 4.74 Å². The summed E-state index contributed by atoms with van der Waals surface area (Å²) in [7, 11) is 0. The van der Waals surface area contributed by atoms with Gasteiger partial charge in [-0.2, -0.15) is 4.99 Å². The molecule has 0 saturated carbocycles. The summed E-state index contributed by atoms with van der Waals surface area (Å²) >= 11 is 0. The molecule has 19 heavy (non-hydrogen) atoms. The third-order valence-electron chi connectivity index (χ3n) is 2.84. The summed E-state index contributed by atoms with van der Waals surface area (Å²) in [5.41, 5.74) is 0.307. The van der Waals surface area contributed by atoms with Gasteiger partial charge in [0.15, 0.2) is 0 Å². The summed E-state index contributed by atoms with van der Waals surface area (Å²) in [5.74, 6) is 1.49. The Labute approximate surface area is 112 Å². The average Bonchev–Trinajstić information content (AvgIpc) is 2.40. The molecule has 0 radical (unpaired) electrons. The Morgan fingerprint density at radius 3 is 2.37 bits per heavy atom. The number of isocyanates is 1. The molecule has 0 aliphatic heterocycles. The van der Waals surface area contributed by atoms with Crippen LogP contribution in [0.1, 0.15) is 19.4 Å². The lowest BCUT2D eigenvalue weighted by Crippen LogP contribution is -2.13. The normalized spacial score (nSPS) is 10.6. The van der Waals surface area contributed by atoms with Gasteiger partial charge in [-0.15, -0.1) is 0 Å². The number of para-hydroxylation sites is 1. The second-order valence-corrected chi connectivity index (χ2v) is 4.71. The van der Waals surface area contributed by atoms with Gasteiger partial charge in [-0.25, -0.2) is 4.79 Å². The van der Waals surface area contributed by atoms with Gasteiger partial charge in [0, 0.05) is 0 Å². The van der Waals surface area contributed by atoms with Crippen LogP contribution in [-0.4, -0.2) is 6.08 Å². The molecule has 0 aliphatic rings. The summed E-state index contributed by atoms with van der Waals surface area (Å²) in [6.45, 7) is 3.72. The van der Waals surface area contributed by atoms with E-state index in [1.165, 1.54) is 0 Å². The van der Waals surface area contributed by atoms with Gasteiger partial charge in [-0.05, 0) is 43.7 Å². The topological polar surface area (TPSA) is 38.7 Å². The van der Waals surface area contributed by atoms with E-state index in [4.69, 9.17) is 4.74 Å². The van der Waals surface area contributed by atoms with Gasteiger partial charge < -0.3 is 4.74 Å². The van der Waals surface area contributed by atoms with Crippen molar-refractivity contribution in [3.63, 3.8) is 0 Å². The predicted molar refractivity (Wildman–Crippen MR) is 74.1 cm³/mol. The first-order valence-corrected chi connectivity index (χ1v) is 6.04. The van der Waals surface area contributed by atoms with Crippen LogP contribution in [0.5, 0.6) is 11.5 Å². The summed E-state index contributed by atoms with van der Waals surface area (Å²) in [6.07, 6.45) is 1.61. The Balaban J connectivity index is 2.27. The quantitative estimate of drug-likeness (QED) is 0.609. The standard InChI is InChI=1S/C16H15NO2/c1-16(2,17-12-18)13-7-6-10-15(11-13)19-14-8-4-3-5-9-14/h3-11H,1-2H3. The number of benzene rings is 2. The SMILES string of the molecule is CC(C)(N=C=O)c1cccc(Oc2ccccc2)c1. The minimum atomic E-state index is -0.599. The first-order chi connectivity index (χ1) is 9.12. The molecular weight excluding hydrogens is 238 g/mol. The molecule has 0 amide bonds. The number of carbonyl (C=O) groups excluding carboxylic acids is 1. The molecule has 2 rings (SSSR count). The fourth-order valence-electron chi connectivity index (χ4n) is 1.74. The third-order valence-corrected chi connectivity index (χ3v) is 2.84. The highest BCUT2D eigenvalue weighted by atomic mass is 16.5. The zero-order valence-corrected chi connectivity index (χ0v) is 11.0. The van der Waals surface area contributed by atoms with Gasteiger partial charge in [-0.3, -0.25) is 0 Å². The van der Waals surface area contributed by atoms with Gasteiger partial charge in [0.25, 0.3) is 0 Å². The molecule has 0 spiro atoms. The summed E-state index contributed by atoms with van der Waals surface area (Å²) in [6, 6.07) is 17.1. The van der Waals surface area contributed by atoms with E-state index in [9.17, 15) is 4.79 Å². The fraction of sp³-hybridized carbons (Fsp3) is 0.188. The summed E-state index contributed by atoms with van der Waals surface area (Å²) in [5, 5.41) is 0. The molecule has 0 atom stereocenters. The van der Waals surface area contributed by atoms with E-state index in [0.717, 1.165) is 17.1 Å². The van der Waals surface area contributed by atoms with E-state index < -0.39 is 5.54 Å². The fourth-order valence-corrected chi connectivity index (χ4v) is 1.74. The number of hydrogen-bond acceptors (Lipinski definition) is 3. The maximum absolute atomic E-state index is 10.4. The zero-order valence-electron chi connectivity index (χ0n) is 11.0. The molecule has 0 saturated heterocycles. The lowest BCUT2D eigenvalue weighted by Gasteiger charge is -2.18. The van der Waals surface area contributed by atoms with Gasteiger partial charge in [0.05, 0.1) is 5.54 Å². The van der Waals surface area contributed by atoms with E-state index in [1.54, 1.807) is 6.08 Å². The predicted octanol–water partition coefficient (Wildman–Crippen LogP) is 4.05. The molecule has 3 nitrogen and oxygen atoms in total. The minimum absolute atomic E-state index is 0.599. The molecule has 0 N–H and O–H groups in total. The van der Waals surface area contributed by atoms with Crippen molar-refractivity contribution in [1.29, 1.82) is 0 Å². The van der Waals surface area contributed by atoms with Crippen molar-refractivity contribution >= 4 is 6.08 Å². The molecule has 2 aromatic rings. The van der Waals surface area contributed by atoms with Crippen molar-refractivity contribution < 1.29 is 9.53 Å². The molecule has 0 unspecified atom stereocenters. The van der Waals surface area contributed by atoms with E-state index in [2.05, 4.69) is 4.99 Å². The Morgan fingerprint density at radius 2 is 1.68 bits per heavy atom. The Hall–Kier alpha value is -2.38. The first-order valence-electron chi connectivity index (χ1n) is 6.04. The van der Waals surface area contributed by atoms with Crippen molar-refractivity contribution in [1.82, 2.24) is 0 Å². The maximum Gasteiger partial charge on any atom is 0.235 e. The van der Waals surface area contributed by atoms with Crippen LogP contribution in [0.25, 0.3) is 0 Å². The van der Waals surface area contributed by atoms with Crippen molar-refractivity contribution in [3.8, 4) is 11.5 Å². The van der Waals surface area contributed by atoms with E-state index in [-0.39, 0.29) is 0 Å². The second-order valence-electron chi connectivity index (χ2n) is 4.71. The number of aliphatic imine (C=N–C) groups is 1. The van der Waals surface area contributed by atoms with E-state index in [1.807, 2.05) is 68.4 Å². The molecule has 2 aromatic carbocycles. The van der Waals surface area contributed by atoms with Gasteiger partial charge in [0.2, 0.25) is 6.08 Å². The first kappa shape index (κ1) is 13.1. The van der Waals surface area contributed by atoms with Crippen molar-refractivity contribution in [2.24, 2.45) is 4.99 Å². The van der Waals surface area contributed by atoms with Crippen LogP contribution in [0.3, 0.4) is 0 Å². The van der Waals surface area contributed by atoms with Crippen LogP contribution in [0.2, 0.25) is 0 Å². The van der Waals surface area contributed by atoms with Crippen molar-refractivity contribution in [3.05, 3.63) is 60.2 Å². The molecule has 96 valence electrons. The van der Waals surface area contributed by atoms with Crippen molar-refractivity contribution in [2.45, 2.75) is 19.4 Å². The Bertz CT molecular complexity index is 599. The van der Waals surface area contributed by atoms with Gasteiger partial charge in [-0.1, -0.05) is 30.3 Å². The smallest absolute Gasteiger partial charge is 0.235 e. The second kappa shape index (κ2) is 5.51. The molecule has 3 heteroatoms. The number of nitrogens with zero attached hydrogens (tertiary/aromatic N) is 1. The molecular formula is C16H15NO2. The van der Waals surface area contributed by atoms with E-state index in [0.29, 0.717) is 0 Å². The average molecular weight is 253 g/mol. The van der Waals surface area contributed by atoms with Crippen LogP contribution in [0.15, 0.2) is 59.6 Å². The van der Waals surface area contributed by atoms with Crippen LogP contribution in [-0.2, 0) is 10.3 Å². The minimum Gasteiger partial charge on any atom is -0.457 e. The van der Waals surface area contributed by atoms with Crippen LogP contribution in [0, 0.1) is 0 Å². The molecule has 0 heterocycles. The van der Waals surface area contributed by atoms with Gasteiger partial charge >= 0.3 is 0 Å². The largest absolute Gasteiger partial charge is 0.457 e. The zero-order chi connectivity index (χ0) is 13.7.